The van der Waals surface area contributed by atoms with Gasteiger partial charge in [0.15, 0.2) is 11.5 Å². The summed E-state index contributed by atoms with van der Waals surface area (Å²) < 4.78 is 16.9. The number of nitriles is 1. The van der Waals surface area contributed by atoms with Crippen LogP contribution in [0, 0.1) is 21.4 Å². The summed E-state index contributed by atoms with van der Waals surface area (Å²) in [7, 11) is 1.37. The average molecular weight is 558 g/mol. The van der Waals surface area contributed by atoms with E-state index in [2.05, 4.69) is 5.32 Å². The zero-order chi connectivity index (χ0) is 28.6. The van der Waals surface area contributed by atoms with E-state index in [1.165, 1.54) is 31.4 Å². The van der Waals surface area contributed by atoms with Crippen molar-refractivity contribution in [2.75, 3.05) is 19.0 Å². The van der Waals surface area contributed by atoms with Crippen LogP contribution < -0.4 is 19.5 Å². The second kappa shape index (κ2) is 12.7. The summed E-state index contributed by atoms with van der Waals surface area (Å²) in [5, 5.41) is 25.9. The molecular weight excluding hydrogens is 534 g/mol. The van der Waals surface area contributed by atoms with Gasteiger partial charge in [0, 0.05) is 0 Å². The molecule has 10 heteroatoms. The molecule has 202 valence electrons. The lowest BCUT2D eigenvalue weighted by Crippen LogP contribution is -2.14. The molecule has 0 fully saturated rings. The number of fused-ring (bicyclic) bond motifs is 1. The number of nitrogens with one attached hydrogen (secondary N) is 1. The van der Waals surface area contributed by atoms with E-state index in [0.717, 1.165) is 16.3 Å². The van der Waals surface area contributed by atoms with Crippen molar-refractivity contribution in [3.05, 3.63) is 105 Å². The molecule has 0 aliphatic carbocycles. The Balaban J connectivity index is 1.60. The minimum Gasteiger partial charge on any atom is -0.496 e. The predicted octanol–water partition coefficient (Wildman–Crippen LogP) is 6.93. The highest BCUT2D eigenvalue weighted by Crippen LogP contribution is 2.38. The first kappa shape index (κ1) is 28.0. The third-order valence-corrected chi connectivity index (χ3v) is 6.19. The van der Waals surface area contributed by atoms with Crippen LogP contribution in [0.3, 0.4) is 0 Å². The molecular formula is C30H24ClN3O6. The van der Waals surface area contributed by atoms with Crippen LogP contribution in [-0.2, 0) is 11.4 Å². The molecule has 1 amide bonds. The van der Waals surface area contributed by atoms with E-state index in [-0.39, 0.29) is 34.3 Å². The van der Waals surface area contributed by atoms with Crippen LogP contribution in [0.4, 0.5) is 11.4 Å². The number of halogens is 1. The smallest absolute Gasteiger partial charge is 0.296 e. The Bertz CT molecular complexity index is 1660. The van der Waals surface area contributed by atoms with Crippen LogP contribution in [0.15, 0.2) is 78.4 Å². The fourth-order valence-corrected chi connectivity index (χ4v) is 4.32. The van der Waals surface area contributed by atoms with E-state index in [4.69, 9.17) is 25.8 Å². The monoisotopic (exact) mass is 557 g/mol. The van der Waals surface area contributed by atoms with Gasteiger partial charge in [0.1, 0.15) is 29.7 Å². The highest BCUT2D eigenvalue weighted by Gasteiger charge is 2.20. The Hall–Kier alpha value is -5.07. The van der Waals surface area contributed by atoms with Crippen LogP contribution >= 0.6 is 11.6 Å². The molecule has 0 spiro atoms. The molecule has 9 nitrogen and oxygen atoms in total. The molecule has 0 aliphatic heterocycles. The second-order valence-corrected chi connectivity index (χ2v) is 8.86. The van der Waals surface area contributed by atoms with E-state index in [0.29, 0.717) is 23.7 Å². The molecule has 0 saturated heterocycles. The highest BCUT2D eigenvalue weighted by molar-refractivity contribution is 6.32. The third kappa shape index (κ3) is 6.31. The molecule has 0 bridgehead atoms. The van der Waals surface area contributed by atoms with Gasteiger partial charge in [0.05, 0.1) is 29.7 Å². The first-order valence-corrected chi connectivity index (χ1v) is 12.5. The topological polar surface area (TPSA) is 124 Å². The minimum absolute atomic E-state index is 0.0813. The summed E-state index contributed by atoms with van der Waals surface area (Å²) in [4.78, 5) is 23.7. The molecule has 0 aromatic heterocycles. The second-order valence-electron chi connectivity index (χ2n) is 8.45. The van der Waals surface area contributed by atoms with Gasteiger partial charge in [0.25, 0.3) is 11.6 Å². The minimum atomic E-state index is -0.832. The number of nitro groups is 1. The van der Waals surface area contributed by atoms with Gasteiger partial charge in [-0.25, -0.2) is 0 Å². The number of amides is 1. The zero-order valence-electron chi connectivity index (χ0n) is 21.6. The van der Waals surface area contributed by atoms with E-state index in [1.807, 2.05) is 48.5 Å². The molecule has 1 N–H and O–H groups in total. The number of methoxy groups -OCH3 is 1. The molecule has 4 aromatic carbocycles. The van der Waals surface area contributed by atoms with Gasteiger partial charge < -0.3 is 19.5 Å². The fourth-order valence-electron chi connectivity index (χ4n) is 4.04. The number of hydrogen-bond donors (Lipinski definition) is 1. The number of nitro benzene ring substituents is 1. The van der Waals surface area contributed by atoms with Crippen molar-refractivity contribution < 1.29 is 23.9 Å². The van der Waals surface area contributed by atoms with Gasteiger partial charge in [0.2, 0.25) is 0 Å². The number of carbonyl (C=O) groups excluding carboxylic acids is 1. The van der Waals surface area contributed by atoms with Gasteiger partial charge >= 0.3 is 0 Å². The number of ether oxygens (including phenoxy) is 3. The van der Waals surface area contributed by atoms with Gasteiger partial charge in [-0.2, -0.15) is 5.26 Å². The molecule has 0 heterocycles. The van der Waals surface area contributed by atoms with E-state index in [9.17, 15) is 20.2 Å². The van der Waals surface area contributed by atoms with Crippen LogP contribution in [0.5, 0.6) is 17.2 Å². The first-order valence-electron chi connectivity index (χ1n) is 12.2. The summed E-state index contributed by atoms with van der Waals surface area (Å²) in [6.07, 6.45) is 1.31. The normalized spacial score (nSPS) is 11.0. The van der Waals surface area contributed by atoms with Gasteiger partial charge in [-0.3, -0.25) is 14.9 Å². The maximum Gasteiger partial charge on any atom is 0.296 e. The lowest BCUT2D eigenvalue weighted by Gasteiger charge is -2.15. The molecule has 0 unspecified atom stereocenters. The maximum absolute atomic E-state index is 12.9. The van der Waals surface area contributed by atoms with Crippen molar-refractivity contribution in [2.45, 2.75) is 13.5 Å². The molecule has 4 rings (SSSR count). The summed E-state index contributed by atoms with van der Waals surface area (Å²) in [5.41, 5.74) is 0.619. The van der Waals surface area contributed by atoms with Crippen LogP contribution in [-0.4, -0.2) is 24.5 Å². The van der Waals surface area contributed by atoms with E-state index < -0.39 is 10.8 Å². The quantitative estimate of drug-likeness (QED) is 0.0969. The number of hydrogen-bond acceptors (Lipinski definition) is 7. The Morgan fingerprint density at radius 2 is 1.88 bits per heavy atom. The van der Waals surface area contributed by atoms with E-state index >= 15 is 0 Å². The first-order chi connectivity index (χ1) is 19.3. The van der Waals surface area contributed by atoms with E-state index in [1.54, 1.807) is 19.1 Å². The van der Waals surface area contributed by atoms with Gasteiger partial charge in [-0.05, 0) is 59.2 Å². The van der Waals surface area contributed by atoms with Gasteiger partial charge in [-0.15, -0.1) is 0 Å². The lowest BCUT2D eigenvalue weighted by atomic mass is 10.1. The number of anilines is 1. The maximum atomic E-state index is 12.9. The molecule has 0 atom stereocenters. The molecule has 0 aliphatic rings. The highest BCUT2D eigenvalue weighted by atomic mass is 35.5. The lowest BCUT2D eigenvalue weighted by molar-refractivity contribution is -0.384. The Morgan fingerprint density at radius 1 is 1.10 bits per heavy atom. The third-order valence-electron chi connectivity index (χ3n) is 5.91. The fraction of sp³-hybridized carbons (Fsp3) is 0.133. The number of rotatable bonds is 10. The van der Waals surface area contributed by atoms with Crippen molar-refractivity contribution in [2.24, 2.45) is 0 Å². The van der Waals surface area contributed by atoms with Crippen molar-refractivity contribution in [1.29, 1.82) is 5.26 Å². The summed E-state index contributed by atoms with van der Waals surface area (Å²) in [5.74, 6) is 0.0816. The van der Waals surface area contributed by atoms with Crippen molar-refractivity contribution in [1.82, 2.24) is 0 Å². The predicted molar refractivity (Wildman–Crippen MR) is 153 cm³/mol. The van der Waals surface area contributed by atoms with Crippen LogP contribution in [0.1, 0.15) is 18.1 Å². The molecule has 0 saturated carbocycles. The molecule has 0 radical (unpaired) electrons. The number of nitrogens with zero attached hydrogens (tertiary/aromatic N) is 2. The summed E-state index contributed by atoms with van der Waals surface area (Å²) >= 11 is 6.57. The summed E-state index contributed by atoms with van der Waals surface area (Å²) in [6.45, 7) is 2.37. The van der Waals surface area contributed by atoms with Crippen LogP contribution in [0.25, 0.3) is 16.8 Å². The largest absolute Gasteiger partial charge is 0.496 e. The van der Waals surface area contributed by atoms with Gasteiger partial charge in [-0.1, -0.05) is 54.1 Å². The Morgan fingerprint density at radius 3 is 2.60 bits per heavy atom. The van der Waals surface area contributed by atoms with Crippen molar-refractivity contribution in [3.8, 4) is 23.3 Å². The number of carbonyl (C=O) groups is 1. The van der Waals surface area contributed by atoms with Crippen molar-refractivity contribution >= 4 is 45.7 Å². The van der Waals surface area contributed by atoms with Crippen LogP contribution in [0.2, 0.25) is 5.02 Å². The Labute approximate surface area is 235 Å². The molecule has 4 aromatic rings. The number of benzene rings is 4. The average Bonchev–Trinajstić information content (AvgIpc) is 2.95. The zero-order valence-corrected chi connectivity index (χ0v) is 22.4. The molecule has 40 heavy (non-hydrogen) atoms. The Kier molecular flexibility index (Phi) is 8.84. The summed E-state index contributed by atoms with van der Waals surface area (Å²) in [6, 6.07) is 22.9. The standard InChI is InChI=1S/C30H24ClN3O6/c1-3-39-28-15-19(13-22(17-32)30(35)33-26-12-11-23(38-2)16-27(26)34(36)37)14-25(31)29(28)40-18-21-9-6-8-20-7-4-5-10-24(20)21/h4-16H,3,18H2,1-2H3,(H,33,35)/b22-13+. The van der Waals surface area contributed by atoms with Crippen molar-refractivity contribution in [3.63, 3.8) is 0 Å². The SMILES string of the molecule is CCOc1cc(/C=C(\C#N)C(=O)Nc2ccc(OC)cc2[N+](=O)[O-])cc(Cl)c1OCc1cccc2ccccc12.